The van der Waals surface area contributed by atoms with Gasteiger partial charge in [0.15, 0.2) is 0 Å². The number of hydrogen-bond acceptors (Lipinski definition) is 4. The second-order valence-corrected chi connectivity index (χ2v) is 7.54. The third kappa shape index (κ3) is 3.98. The van der Waals surface area contributed by atoms with E-state index in [-0.39, 0.29) is 39.2 Å². The lowest BCUT2D eigenvalue weighted by Gasteiger charge is -2.11. The number of ether oxygens (including phenoxy) is 1. The Labute approximate surface area is 189 Å². The van der Waals surface area contributed by atoms with Crippen LogP contribution in [-0.2, 0) is 11.3 Å². The normalized spacial score (nSPS) is 11.3. The molecule has 0 radical (unpaired) electrons. The molecular formula is C23H15ClF2N2O5. The summed E-state index contributed by atoms with van der Waals surface area (Å²) in [5.74, 6) is -3.68. The fraction of sp³-hybridized carbons (Fsp3) is 0.0870. The highest BCUT2D eigenvalue weighted by Gasteiger charge is 2.26. The zero-order chi connectivity index (χ0) is 23.9. The average Bonchev–Trinajstić information content (AvgIpc) is 3.08. The summed E-state index contributed by atoms with van der Waals surface area (Å²) in [7, 11) is 0. The van der Waals surface area contributed by atoms with Gasteiger partial charge in [-0.05, 0) is 42.0 Å². The Kier molecular flexibility index (Phi) is 5.73. The lowest BCUT2D eigenvalue weighted by atomic mass is 9.99. The number of nitrogens with two attached hydrogens (primary N) is 1. The second-order valence-electron chi connectivity index (χ2n) is 7.13. The van der Waals surface area contributed by atoms with Crippen molar-refractivity contribution >= 4 is 51.1 Å². The number of fused-ring (bicyclic) bond motifs is 3. The van der Waals surface area contributed by atoms with Gasteiger partial charge in [0.25, 0.3) is 5.78 Å². The number of primary amides is 1. The van der Waals surface area contributed by atoms with Crippen molar-refractivity contribution in [1.82, 2.24) is 4.57 Å². The molecule has 0 fully saturated rings. The zero-order valence-corrected chi connectivity index (χ0v) is 17.5. The summed E-state index contributed by atoms with van der Waals surface area (Å²) in [6.45, 7) is -2.90. The minimum absolute atomic E-state index is 0.0473. The quantitative estimate of drug-likeness (QED) is 0.304. The van der Waals surface area contributed by atoms with Crippen LogP contribution in [0.1, 0.15) is 26.3 Å². The van der Waals surface area contributed by atoms with Crippen LogP contribution < -0.4 is 10.5 Å². The van der Waals surface area contributed by atoms with Gasteiger partial charge in [0.1, 0.15) is 5.75 Å². The number of alkyl halides is 2. The number of nitrogens with zero attached hydrogens (tertiary/aromatic N) is 1. The molecule has 1 aromatic heterocycles. The number of benzene rings is 3. The Hall–Kier alpha value is -3.98. The van der Waals surface area contributed by atoms with Crippen molar-refractivity contribution in [3.05, 3.63) is 76.3 Å². The first-order valence-electron chi connectivity index (χ1n) is 9.53. The van der Waals surface area contributed by atoms with Crippen LogP contribution in [0.15, 0.2) is 54.6 Å². The van der Waals surface area contributed by atoms with Crippen molar-refractivity contribution in [2.24, 2.45) is 5.73 Å². The molecular weight excluding hydrogens is 458 g/mol. The van der Waals surface area contributed by atoms with Gasteiger partial charge in [-0.3, -0.25) is 9.59 Å². The molecule has 168 valence electrons. The van der Waals surface area contributed by atoms with Gasteiger partial charge in [0.05, 0.1) is 16.1 Å². The number of ketones is 1. The van der Waals surface area contributed by atoms with Crippen molar-refractivity contribution in [3.63, 3.8) is 0 Å². The molecule has 0 atom stereocenters. The predicted octanol–water partition coefficient (Wildman–Crippen LogP) is 4.46. The number of carbonyl (C=O) groups is 3. The standard InChI is InChI=1S/C23H15ClF2N2O5/c24-15-8-7-13(20(29)22(31)32)18-17-14(21(27)30)5-2-6-16(17)28(19(15)18)10-11-3-1-4-12(9-11)33-23(25)26/h1-9,23H,10H2,(H2,27,30)(H,31,32). The highest BCUT2D eigenvalue weighted by atomic mass is 35.5. The molecule has 0 saturated heterocycles. The van der Waals surface area contributed by atoms with E-state index in [4.69, 9.17) is 17.3 Å². The Morgan fingerprint density at radius 3 is 2.42 bits per heavy atom. The Balaban J connectivity index is 2.05. The smallest absolute Gasteiger partial charge is 0.387 e. The number of aromatic nitrogens is 1. The van der Waals surface area contributed by atoms with Crippen molar-refractivity contribution in [3.8, 4) is 5.75 Å². The number of halogens is 3. The highest BCUT2D eigenvalue weighted by Crippen LogP contribution is 2.38. The van der Waals surface area contributed by atoms with Crippen LogP contribution >= 0.6 is 11.6 Å². The van der Waals surface area contributed by atoms with E-state index in [1.807, 2.05) is 0 Å². The third-order valence-corrected chi connectivity index (χ3v) is 5.46. The maximum atomic E-state index is 12.6. The van der Waals surface area contributed by atoms with Gasteiger partial charge >= 0.3 is 12.6 Å². The van der Waals surface area contributed by atoms with E-state index in [0.717, 1.165) is 0 Å². The number of carboxylic acid groups (broad SMARTS) is 1. The molecule has 0 spiro atoms. The largest absolute Gasteiger partial charge is 0.475 e. The maximum absolute atomic E-state index is 12.6. The first-order valence-corrected chi connectivity index (χ1v) is 9.91. The summed E-state index contributed by atoms with van der Waals surface area (Å²) in [6, 6.07) is 13.4. The van der Waals surface area contributed by atoms with E-state index in [1.54, 1.807) is 22.8 Å². The van der Waals surface area contributed by atoms with Gasteiger partial charge in [-0.15, -0.1) is 0 Å². The molecule has 0 aliphatic carbocycles. The van der Waals surface area contributed by atoms with Crippen molar-refractivity contribution in [1.29, 1.82) is 0 Å². The van der Waals surface area contributed by atoms with Gasteiger partial charge in [-0.2, -0.15) is 8.78 Å². The van der Waals surface area contributed by atoms with Gasteiger partial charge in [0.2, 0.25) is 5.91 Å². The number of amides is 1. The number of rotatable bonds is 7. The van der Waals surface area contributed by atoms with E-state index in [0.29, 0.717) is 16.6 Å². The first-order chi connectivity index (χ1) is 15.7. The van der Waals surface area contributed by atoms with Gasteiger partial charge < -0.3 is 20.1 Å². The molecule has 1 amide bonds. The minimum Gasteiger partial charge on any atom is -0.475 e. The predicted molar refractivity (Wildman–Crippen MR) is 117 cm³/mol. The van der Waals surface area contributed by atoms with Crippen LogP contribution in [0.2, 0.25) is 5.02 Å². The number of carboxylic acids is 1. The molecule has 0 aliphatic rings. The fourth-order valence-corrected chi connectivity index (χ4v) is 4.17. The Bertz CT molecular complexity index is 1450. The molecule has 3 N–H and O–H groups in total. The van der Waals surface area contributed by atoms with Crippen LogP contribution in [-0.4, -0.2) is 33.9 Å². The molecule has 0 aliphatic heterocycles. The van der Waals surface area contributed by atoms with Crippen molar-refractivity contribution in [2.75, 3.05) is 0 Å². The Morgan fingerprint density at radius 1 is 1.03 bits per heavy atom. The molecule has 0 saturated carbocycles. The van der Waals surface area contributed by atoms with E-state index in [9.17, 15) is 28.3 Å². The van der Waals surface area contributed by atoms with Crippen LogP contribution in [0.4, 0.5) is 8.78 Å². The summed E-state index contributed by atoms with van der Waals surface area (Å²) in [6.07, 6.45) is 0. The second kappa shape index (κ2) is 8.51. The summed E-state index contributed by atoms with van der Waals surface area (Å²) in [5, 5.41) is 9.93. The molecule has 0 bridgehead atoms. The average molecular weight is 473 g/mol. The zero-order valence-electron chi connectivity index (χ0n) is 16.7. The summed E-state index contributed by atoms with van der Waals surface area (Å²) in [4.78, 5) is 36.1. The molecule has 33 heavy (non-hydrogen) atoms. The van der Waals surface area contributed by atoms with Crippen LogP contribution in [0.5, 0.6) is 5.75 Å². The van der Waals surface area contributed by atoms with Gasteiger partial charge in [-0.25, -0.2) is 4.79 Å². The van der Waals surface area contributed by atoms with E-state index in [2.05, 4.69) is 4.74 Å². The van der Waals surface area contributed by atoms with E-state index in [1.165, 1.54) is 36.4 Å². The lowest BCUT2D eigenvalue weighted by Crippen LogP contribution is -2.14. The summed E-state index contributed by atoms with van der Waals surface area (Å²) in [5.41, 5.74) is 6.78. The molecule has 7 nitrogen and oxygen atoms in total. The van der Waals surface area contributed by atoms with Crippen LogP contribution in [0.25, 0.3) is 21.8 Å². The first kappa shape index (κ1) is 22.2. The van der Waals surface area contributed by atoms with E-state index >= 15 is 0 Å². The molecule has 0 unspecified atom stereocenters. The van der Waals surface area contributed by atoms with Crippen molar-refractivity contribution in [2.45, 2.75) is 13.2 Å². The summed E-state index contributed by atoms with van der Waals surface area (Å²) >= 11 is 6.47. The molecule has 1 heterocycles. The number of carbonyl (C=O) groups excluding carboxylic acids is 2. The van der Waals surface area contributed by atoms with Gasteiger partial charge in [-0.1, -0.05) is 29.8 Å². The molecule has 10 heteroatoms. The Morgan fingerprint density at radius 2 is 1.76 bits per heavy atom. The van der Waals surface area contributed by atoms with Crippen LogP contribution in [0.3, 0.4) is 0 Å². The molecule has 3 aromatic carbocycles. The third-order valence-electron chi connectivity index (χ3n) is 5.15. The summed E-state index contributed by atoms with van der Waals surface area (Å²) < 4.78 is 31.4. The number of aliphatic carboxylic acids is 1. The monoisotopic (exact) mass is 472 g/mol. The van der Waals surface area contributed by atoms with Crippen LogP contribution in [0, 0.1) is 0 Å². The molecule has 4 rings (SSSR count). The van der Waals surface area contributed by atoms with E-state index < -0.39 is 24.3 Å². The number of hydrogen-bond donors (Lipinski definition) is 2. The van der Waals surface area contributed by atoms with Crippen molar-refractivity contribution < 1.29 is 33.0 Å². The van der Waals surface area contributed by atoms with Gasteiger partial charge in [0, 0.05) is 28.4 Å². The highest BCUT2D eigenvalue weighted by molar-refractivity contribution is 6.45. The number of Topliss-reactive ketones (excluding diaryl/α,β-unsaturated/α-hetero) is 1. The fourth-order valence-electron chi connectivity index (χ4n) is 3.91. The topological polar surface area (TPSA) is 112 Å². The maximum Gasteiger partial charge on any atom is 0.387 e. The molecule has 4 aromatic rings. The SMILES string of the molecule is NC(=O)c1cccc2c1c1c(C(=O)C(=O)O)ccc(Cl)c1n2Cc1cccc(OC(F)F)c1. The minimum atomic E-state index is -2.99. The lowest BCUT2D eigenvalue weighted by molar-refractivity contribution is -0.131.